The zero-order valence-corrected chi connectivity index (χ0v) is 11.9. The van der Waals surface area contributed by atoms with Crippen molar-refractivity contribution in [2.75, 3.05) is 25.1 Å². The van der Waals surface area contributed by atoms with E-state index in [9.17, 15) is 8.78 Å². The number of aromatic nitrogens is 1. The Hall–Kier alpha value is -2.37. The number of anilines is 1. The van der Waals surface area contributed by atoms with E-state index in [1.807, 2.05) is 18.2 Å². The van der Waals surface area contributed by atoms with Gasteiger partial charge in [0.05, 0.1) is 25.6 Å². The topological polar surface area (TPSA) is 43.4 Å². The molecular weight excluding hydrogens is 290 g/mol. The molecule has 116 valence electrons. The highest BCUT2D eigenvalue weighted by Gasteiger charge is 2.11. The zero-order valence-electron chi connectivity index (χ0n) is 11.9. The van der Waals surface area contributed by atoms with Crippen molar-refractivity contribution in [3.63, 3.8) is 0 Å². The van der Waals surface area contributed by atoms with Crippen LogP contribution in [0.1, 0.15) is 12.0 Å². The number of rotatable bonds is 4. The van der Waals surface area contributed by atoms with Crippen molar-refractivity contribution in [2.45, 2.75) is 12.8 Å². The van der Waals surface area contributed by atoms with Crippen LogP contribution >= 0.6 is 0 Å². The van der Waals surface area contributed by atoms with Gasteiger partial charge in [-0.1, -0.05) is 6.07 Å². The van der Waals surface area contributed by atoms with Gasteiger partial charge in [-0.3, -0.25) is 4.98 Å². The third-order valence-corrected chi connectivity index (χ3v) is 3.38. The summed E-state index contributed by atoms with van der Waals surface area (Å²) in [5.41, 5.74) is 0.857. The first-order valence-corrected chi connectivity index (χ1v) is 7.15. The highest BCUT2D eigenvalue weighted by atomic mass is 19.1. The summed E-state index contributed by atoms with van der Waals surface area (Å²) in [7, 11) is 0. The first kappa shape index (κ1) is 14.6. The van der Waals surface area contributed by atoms with Crippen LogP contribution in [0.2, 0.25) is 0 Å². The molecule has 0 fully saturated rings. The van der Waals surface area contributed by atoms with Gasteiger partial charge >= 0.3 is 0 Å². The molecule has 0 atom stereocenters. The minimum Gasteiger partial charge on any atom is -0.490 e. The monoisotopic (exact) mass is 306 g/mol. The lowest BCUT2D eigenvalue weighted by atomic mass is 10.1. The number of hydrogen-bond acceptors (Lipinski definition) is 4. The SMILES string of the molecule is Fc1cncc(F)c1NCCc1ccc2c(c1)OCCCO2. The number of benzene rings is 1. The summed E-state index contributed by atoms with van der Waals surface area (Å²) in [6, 6.07) is 5.69. The molecule has 2 heterocycles. The predicted molar refractivity (Wildman–Crippen MR) is 78.4 cm³/mol. The van der Waals surface area contributed by atoms with Gasteiger partial charge in [0.1, 0.15) is 5.69 Å². The van der Waals surface area contributed by atoms with Crippen molar-refractivity contribution in [1.82, 2.24) is 4.98 Å². The molecule has 2 aromatic rings. The van der Waals surface area contributed by atoms with Gasteiger partial charge in [0, 0.05) is 13.0 Å². The average molecular weight is 306 g/mol. The fraction of sp³-hybridized carbons (Fsp3) is 0.312. The molecule has 0 saturated carbocycles. The summed E-state index contributed by atoms with van der Waals surface area (Å²) in [4.78, 5) is 3.45. The lowest BCUT2D eigenvalue weighted by Gasteiger charge is -2.11. The molecule has 6 heteroatoms. The number of pyridine rings is 1. The van der Waals surface area contributed by atoms with E-state index in [1.54, 1.807) is 0 Å². The van der Waals surface area contributed by atoms with E-state index in [0.717, 1.165) is 35.9 Å². The maximum Gasteiger partial charge on any atom is 0.167 e. The first-order chi connectivity index (χ1) is 10.7. The van der Waals surface area contributed by atoms with Crippen LogP contribution in [0.3, 0.4) is 0 Å². The number of fused-ring (bicyclic) bond motifs is 1. The normalized spacial score (nSPS) is 13.5. The molecule has 0 bridgehead atoms. The van der Waals surface area contributed by atoms with E-state index >= 15 is 0 Å². The van der Waals surface area contributed by atoms with E-state index < -0.39 is 11.6 Å². The highest BCUT2D eigenvalue weighted by Crippen LogP contribution is 2.30. The molecule has 0 aliphatic carbocycles. The molecular formula is C16H16F2N2O2. The fourth-order valence-electron chi connectivity index (χ4n) is 2.28. The van der Waals surface area contributed by atoms with Crippen molar-refractivity contribution in [2.24, 2.45) is 0 Å². The second-order valence-corrected chi connectivity index (χ2v) is 4.99. The van der Waals surface area contributed by atoms with Crippen LogP contribution in [0.4, 0.5) is 14.5 Å². The van der Waals surface area contributed by atoms with Crippen molar-refractivity contribution >= 4 is 5.69 Å². The molecule has 4 nitrogen and oxygen atoms in total. The van der Waals surface area contributed by atoms with Gasteiger partial charge in [-0.25, -0.2) is 8.78 Å². The summed E-state index contributed by atoms with van der Waals surface area (Å²) in [5, 5.41) is 2.76. The van der Waals surface area contributed by atoms with Crippen LogP contribution in [0.15, 0.2) is 30.6 Å². The number of nitrogens with one attached hydrogen (secondary N) is 1. The molecule has 0 amide bonds. The Kier molecular flexibility index (Phi) is 4.37. The quantitative estimate of drug-likeness (QED) is 0.942. The van der Waals surface area contributed by atoms with Crippen LogP contribution in [0.5, 0.6) is 11.5 Å². The minimum absolute atomic E-state index is 0.149. The third kappa shape index (κ3) is 3.27. The Bertz CT molecular complexity index is 644. The van der Waals surface area contributed by atoms with Gasteiger partial charge in [0.15, 0.2) is 23.1 Å². The van der Waals surface area contributed by atoms with Crippen LogP contribution in [-0.4, -0.2) is 24.7 Å². The maximum atomic E-state index is 13.4. The second-order valence-electron chi connectivity index (χ2n) is 4.99. The van der Waals surface area contributed by atoms with Gasteiger partial charge < -0.3 is 14.8 Å². The number of halogens is 2. The van der Waals surface area contributed by atoms with E-state index in [-0.39, 0.29) is 5.69 Å². The van der Waals surface area contributed by atoms with E-state index in [4.69, 9.17) is 9.47 Å². The molecule has 1 aliphatic heterocycles. The van der Waals surface area contributed by atoms with E-state index in [0.29, 0.717) is 26.2 Å². The molecule has 1 aliphatic rings. The second kappa shape index (κ2) is 6.60. The zero-order chi connectivity index (χ0) is 15.4. The molecule has 22 heavy (non-hydrogen) atoms. The predicted octanol–water partition coefficient (Wildman–Crippen LogP) is 3.18. The molecule has 0 spiro atoms. The summed E-state index contributed by atoms with van der Waals surface area (Å²) >= 11 is 0. The van der Waals surface area contributed by atoms with Gasteiger partial charge in [-0.05, 0) is 24.1 Å². The fourth-order valence-corrected chi connectivity index (χ4v) is 2.28. The lowest BCUT2D eigenvalue weighted by Crippen LogP contribution is -2.08. The third-order valence-electron chi connectivity index (χ3n) is 3.38. The molecule has 0 saturated heterocycles. The van der Waals surface area contributed by atoms with Crippen molar-refractivity contribution in [3.8, 4) is 11.5 Å². The van der Waals surface area contributed by atoms with Gasteiger partial charge in [-0.2, -0.15) is 0 Å². The Morgan fingerprint density at radius 1 is 1.05 bits per heavy atom. The smallest absolute Gasteiger partial charge is 0.167 e. The van der Waals surface area contributed by atoms with Gasteiger partial charge in [0.2, 0.25) is 0 Å². The summed E-state index contributed by atoms with van der Waals surface area (Å²) < 4.78 is 38.1. The van der Waals surface area contributed by atoms with E-state index in [1.165, 1.54) is 0 Å². The molecule has 1 aromatic heterocycles. The Morgan fingerprint density at radius 3 is 2.55 bits per heavy atom. The number of hydrogen-bond donors (Lipinski definition) is 1. The molecule has 0 radical (unpaired) electrons. The largest absolute Gasteiger partial charge is 0.490 e. The van der Waals surface area contributed by atoms with E-state index in [2.05, 4.69) is 10.3 Å². The maximum absolute atomic E-state index is 13.4. The highest BCUT2D eigenvalue weighted by molar-refractivity contribution is 5.46. The van der Waals surface area contributed by atoms with Gasteiger partial charge in [0.25, 0.3) is 0 Å². The summed E-state index contributed by atoms with van der Waals surface area (Å²) in [6.45, 7) is 1.67. The molecule has 3 rings (SSSR count). The molecule has 1 N–H and O–H groups in total. The van der Waals surface area contributed by atoms with Crippen molar-refractivity contribution in [1.29, 1.82) is 0 Å². The van der Waals surface area contributed by atoms with Crippen molar-refractivity contribution < 1.29 is 18.3 Å². The van der Waals surface area contributed by atoms with Crippen LogP contribution in [-0.2, 0) is 6.42 Å². The number of ether oxygens (including phenoxy) is 2. The van der Waals surface area contributed by atoms with Crippen LogP contribution in [0.25, 0.3) is 0 Å². The Morgan fingerprint density at radius 2 is 1.77 bits per heavy atom. The van der Waals surface area contributed by atoms with Gasteiger partial charge in [-0.15, -0.1) is 0 Å². The Balaban J connectivity index is 1.63. The standard InChI is InChI=1S/C16H16F2N2O2/c17-12-9-19-10-13(18)16(12)20-5-4-11-2-3-14-15(8-11)22-7-1-6-21-14/h2-3,8-10H,1,4-7H2,(H,19,20). The van der Waals surface area contributed by atoms with Crippen LogP contribution < -0.4 is 14.8 Å². The minimum atomic E-state index is -0.696. The number of nitrogens with zero attached hydrogens (tertiary/aromatic N) is 1. The molecule has 0 unspecified atom stereocenters. The lowest BCUT2D eigenvalue weighted by molar-refractivity contribution is 0.297. The molecule has 1 aromatic carbocycles. The Labute approximate surface area is 127 Å². The first-order valence-electron chi connectivity index (χ1n) is 7.15. The van der Waals surface area contributed by atoms with Crippen molar-refractivity contribution in [3.05, 3.63) is 47.8 Å². The summed E-state index contributed by atoms with van der Waals surface area (Å²) in [6.07, 6.45) is 3.43. The summed E-state index contributed by atoms with van der Waals surface area (Å²) in [5.74, 6) is 0.0639. The van der Waals surface area contributed by atoms with Crippen LogP contribution in [0, 0.1) is 11.6 Å². The average Bonchev–Trinajstić information content (AvgIpc) is 2.75.